The van der Waals surface area contributed by atoms with Gasteiger partial charge in [0, 0.05) is 26.4 Å². The molecule has 0 heterocycles. The second-order valence-electron chi connectivity index (χ2n) is 2.86. The molecule has 2 amide bonds. The van der Waals surface area contributed by atoms with Crippen LogP contribution in [0.1, 0.15) is 12.8 Å². The molecule has 0 atom stereocenters. The van der Waals surface area contributed by atoms with Gasteiger partial charge in [-0.15, -0.1) is 11.6 Å². The molecule has 0 aromatic rings. The van der Waals surface area contributed by atoms with Crippen molar-refractivity contribution in [2.75, 3.05) is 26.5 Å². The van der Waals surface area contributed by atoms with Gasteiger partial charge in [-0.05, 0) is 6.42 Å². The molecule has 4 nitrogen and oxygen atoms in total. The maximum absolute atomic E-state index is 11.0. The molecule has 0 aliphatic rings. The summed E-state index contributed by atoms with van der Waals surface area (Å²) in [6.07, 6.45) is 1.02. The van der Waals surface area contributed by atoms with Gasteiger partial charge < -0.3 is 10.2 Å². The minimum Gasteiger partial charge on any atom is -0.347 e. The molecule has 0 unspecified atom stereocenters. The fraction of sp³-hybridized carbons (Fsp3) is 0.750. The summed E-state index contributed by atoms with van der Waals surface area (Å²) in [7, 11) is 3.29. The monoisotopic (exact) mass is 206 g/mol. The fourth-order valence-corrected chi connectivity index (χ4v) is 0.782. The summed E-state index contributed by atoms with van der Waals surface area (Å²) in [5, 5.41) is 2.51. The predicted molar refractivity (Wildman–Crippen MR) is 51.7 cm³/mol. The van der Waals surface area contributed by atoms with Crippen LogP contribution in [0.2, 0.25) is 0 Å². The van der Waals surface area contributed by atoms with E-state index in [0.717, 1.165) is 0 Å². The third-order valence-corrected chi connectivity index (χ3v) is 1.74. The van der Waals surface area contributed by atoms with E-state index >= 15 is 0 Å². The molecule has 0 aromatic carbocycles. The molecular weight excluding hydrogens is 192 g/mol. The van der Waals surface area contributed by atoms with Gasteiger partial charge >= 0.3 is 0 Å². The van der Waals surface area contributed by atoms with E-state index in [-0.39, 0.29) is 18.4 Å². The SMILES string of the molecule is CN(C)C(=O)CNC(=O)CCCCl. The highest BCUT2D eigenvalue weighted by Crippen LogP contribution is 1.91. The van der Waals surface area contributed by atoms with E-state index in [1.807, 2.05) is 0 Å². The Hall–Kier alpha value is -0.770. The van der Waals surface area contributed by atoms with Crippen molar-refractivity contribution in [1.82, 2.24) is 10.2 Å². The molecule has 0 bridgehead atoms. The first kappa shape index (κ1) is 12.2. The lowest BCUT2D eigenvalue weighted by molar-refractivity contribution is -0.130. The Balaban J connectivity index is 3.52. The Bertz CT molecular complexity index is 183. The van der Waals surface area contributed by atoms with E-state index in [9.17, 15) is 9.59 Å². The Morgan fingerprint density at radius 3 is 2.46 bits per heavy atom. The van der Waals surface area contributed by atoms with Gasteiger partial charge in [0.2, 0.25) is 11.8 Å². The van der Waals surface area contributed by atoms with Crippen molar-refractivity contribution in [1.29, 1.82) is 0 Å². The van der Waals surface area contributed by atoms with Crippen molar-refractivity contribution in [3.05, 3.63) is 0 Å². The number of hydrogen-bond acceptors (Lipinski definition) is 2. The zero-order valence-electron chi connectivity index (χ0n) is 7.97. The lowest BCUT2D eigenvalue weighted by atomic mass is 10.3. The molecule has 0 aliphatic heterocycles. The predicted octanol–water partition coefficient (Wildman–Crippen LogP) is 0.210. The van der Waals surface area contributed by atoms with Crippen LogP contribution in [0, 0.1) is 0 Å². The summed E-state index contributed by atoms with van der Waals surface area (Å²) in [5.74, 6) is 0.227. The second kappa shape index (κ2) is 6.71. The molecular formula is C8H15ClN2O2. The van der Waals surface area contributed by atoms with Gasteiger partial charge in [-0.1, -0.05) is 0 Å². The maximum Gasteiger partial charge on any atom is 0.241 e. The zero-order chi connectivity index (χ0) is 10.3. The average molecular weight is 207 g/mol. The van der Waals surface area contributed by atoms with Crippen molar-refractivity contribution < 1.29 is 9.59 Å². The van der Waals surface area contributed by atoms with E-state index in [4.69, 9.17) is 11.6 Å². The van der Waals surface area contributed by atoms with Gasteiger partial charge in [-0.3, -0.25) is 9.59 Å². The van der Waals surface area contributed by atoms with Crippen LogP contribution in [-0.4, -0.2) is 43.2 Å². The highest BCUT2D eigenvalue weighted by Gasteiger charge is 2.05. The smallest absolute Gasteiger partial charge is 0.241 e. The molecule has 13 heavy (non-hydrogen) atoms. The number of nitrogens with zero attached hydrogens (tertiary/aromatic N) is 1. The quantitative estimate of drug-likeness (QED) is 0.654. The van der Waals surface area contributed by atoms with E-state index in [1.54, 1.807) is 14.1 Å². The molecule has 0 aromatic heterocycles. The van der Waals surface area contributed by atoms with Gasteiger partial charge in [0.25, 0.3) is 0 Å². The standard InChI is InChI=1S/C8H15ClN2O2/c1-11(2)8(13)6-10-7(12)4-3-5-9/h3-6H2,1-2H3,(H,10,12). The Morgan fingerprint density at radius 1 is 1.38 bits per heavy atom. The van der Waals surface area contributed by atoms with Gasteiger partial charge in [0.15, 0.2) is 0 Å². The van der Waals surface area contributed by atoms with Crippen molar-refractivity contribution in [2.24, 2.45) is 0 Å². The zero-order valence-corrected chi connectivity index (χ0v) is 8.73. The van der Waals surface area contributed by atoms with Crippen molar-refractivity contribution in [2.45, 2.75) is 12.8 Å². The lowest BCUT2D eigenvalue weighted by Crippen LogP contribution is -2.36. The number of halogens is 1. The Labute approximate surface area is 83.2 Å². The van der Waals surface area contributed by atoms with E-state index < -0.39 is 0 Å². The normalized spacial score (nSPS) is 9.46. The van der Waals surface area contributed by atoms with E-state index in [1.165, 1.54) is 4.90 Å². The first-order valence-electron chi connectivity index (χ1n) is 4.10. The number of amides is 2. The largest absolute Gasteiger partial charge is 0.347 e. The number of hydrogen-bond donors (Lipinski definition) is 1. The summed E-state index contributed by atoms with van der Waals surface area (Å²) in [6, 6.07) is 0. The first-order chi connectivity index (χ1) is 6.07. The molecule has 0 fully saturated rings. The molecule has 0 spiro atoms. The molecule has 0 radical (unpaired) electrons. The van der Waals surface area contributed by atoms with Crippen LogP contribution in [0.25, 0.3) is 0 Å². The summed E-state index contributed by atoms with van der Waals surface area (Å²) >= 11 is 5.40. The summed E-state index contributed by atoms with van der Waals surface area (Å²) in [5.41, 5.74) is 0. The Morgan fingerprint density at radius 2 is 2.00 bits per heavy atom. The highest BCUT2D eigenvalue weighted by atomic mass is 35.5. The van der Waals surface area contributed by atoms with E-state index in [0.29, 0.717) is 18.7 Å². The lowest BCUT2D eigenvalue weighted by Gasteiger charge is -2.10. The molecule has 1 N–H and O–H groups in total. The number of likely N-dealkylation sites (N-methyl/N-ethyl adjacent to an activating group) is 1. The topological polar surface area (TPSA) is 49.4 Å². The molecule has 76 valence electrons. The van der Waals surface area contributed by atoms with Crippen LogP contribution in [0.3, 0.4) is 0 Å². The van der Waals surface area contributed by atoms with Gasteiger partial charge in [0.1, 0.15) is 0 Å². The number of carbonyl (C=O) groups excluding carboxylic acids is 2. The van der Waals surface area contributed by atoms with Crippen LogP contribution in [0.15, 0.2) is 0 Å². The molecule has 5 heteroatoms. The third-order valence-electron chi connectivity index (χ3n) is 1.47. The summed E-state index contributed by atoms with van der Waals surface area (Å²) in [6.45, 7) is 0.0636. The van der Waals surface area contributed by atoms with Crippen LogP contribution < -0.4 is 5.32 Å². The van der Waals surface area contributed by atoms with Gasteiger partial charge in [-0.25, -0.2) is 0 Å². The fourth-order valence-electron chi connectivity index (χ4n) is 0.648. The highest BCUT2D eigenvalue weighted by molar-refractivity contribution is 6.17. The molecule has 0 saturated carbocycles. The van der Waals surface area contributed by atoms with Gasteiger partial charge in [-0.2, -0.15) is 0 Å². The average Bonchev–Trinajstić information content (AvgIpc) is 2.10. The molecule has 0 aliphatic carbocycles. The maximum atomic E-state index is 11.0. The Kier molecular flexibility index (Phi) is 6.32. The number of alkyl halides is 1. The number of nitrogens with one attached hydrogen (secondary N) is 1. The van der Waals surface area contributed by atoms with Crippen molar-refractivity contribution >= 4 is 23.4 Å². The number of rotatable bonds is 5. The summed E-state index contributed by atoms with van der Waals surface area (Å²) in [4.78, 5) is 23.4. The minimum absolute atomic E-state index is 0.0636. The summed E-state index contributed by atoms with van der Waals surface area (Å²) < 4.78 is 0. The van der Waals surface area contributed by atoms with Crippen LogP contribution in [-0.2, 0) is 9.59 Å². The minimum atomic E-state index is -0.129. The second-order valence-corrected chi connectivity index (χ2v) is 3.24. The molecule has 0 rings (SSSR count). The van der Waals surface area contributed by atoms with Crippen LogP contribution in [0.4, 0.5) is 0 Å². The third kappa shape index (κ3) is 6.40. The van der Waals surface area contributed by atoms with Crippen LogP contribution in [0.5, 0.6) is 0 Å². The van der Waals surface area contributed by atoms with Crippen molar-refractivity contribution in [3.8, 4) is 0 Å². The van der Waals surface area contributed by atoms with Gasteiger partial charge in [0.05, 0.1) is 6.54 Å². The van der Waals surface area contributed by atoms with E-state index in [2.05, 4.69) is 5.32 Å². The number of carbonyl (C=O) groups is 2. The first-order valence-corrected chi connectivity index (χ1v) is 4.64. The van der Waals surface area contributed by atoms with Crippen molar-refractivity contribution in [3.63, 3.8) is 0 Å². The molecule has 0 saturated heterocycles. The van der Waals surface area contributed by atoms with Crippen LogP contribution >= 0.6 is 11.6 Å².